The van der Waals surface area contributed by atoms with E-state index in [0.717, 1.165) is 30.1 Å². The Morgan fingerprint density at radius 3 is 2.52 bits per heavy atom. The Hall–Kier alpha value is -0.370. The van der Waals surface area contributed by atoms with E-state index in [1.165, 1.54) is 44.9 Å². The molecule has 0 radical (unpaired) electrons. The Kier molecular flexibility index (Phi) is 3.72. The Morgan fingerprint density at radius 2 is 1.78 bits per heavy atom. The summed E-state index contributed by atoms with van der Waals surface area (Å²) in [6.45, 7) is 7.36. The summed E-state index contributed by atoms with van der Waals surface area (Å²) in [5.41, 5.74) is 0.738. The summed E-state index contributed by atoms with van der Waals surface area (Å²) in [5.74, 6) is 4.08. The average Bonchev–Trinajstić information content (AvgIpc) is 2.85. The van der Waals surface area contributed by atoms with Crippen molar-refractivity contribution in [2.45, 2.75) is 84.7 Å². The van der Waals surface area contributed by atoms with E-state index in [1.54, 1.807) is 0 Å². The summed E-state index contributed by atoms with van der Waals surface area (Å²) in [5, 5.41) is 10.0. The van der Waals surface area contributed by atoms with Crippen LogP contribution in [0.2, 0.25) is 0 Å². The number of hydrogen-bond acceptors (Lipinski definition) is 2. The van der Waals surface area contributed by atoms with Gasteiger partial charge in [-0.1, -0.05) is 27.2 Å². The van der Waals surface area contributed by atoms with Crippen LogP contribution in [0.4, 0.5) is 0 Å². The Balaban J connectivity index is 1.63. The first-order valence-corrected chi connectivity index (χ1v) is 10.1. The van der Waals surface area contributed by atoms with Gasteiger partial charge in [-0.2, -0.15) is 0 Å². The van der Waals surface area contributed by atoms with E-state index in [2.05, 4.69) is 20.8 Å². The lowest BCUT2D eigenvalue weighted by molar-refractivity contribution is -0.154. The minimum Gasteiger partial charge on any atom is -0.385 e. The van der Waals surface area contributed by atoms with Gasteiger partial charge in [-0.15, -0.1) is 0 Å². The van der Waals surface area contributed by atoms with Gasteiger partial charge in [0.15, 0.2) is 5.78 Å². The lowest BCUT2D eigenvalue weighted by Crippen LogP contribution is -2.55. The van der Waals surface area contributed by atoms with E-state index in [-0.39, 0.29) is 11.2 Å². The summed E-state index contributed by atoms with van der Waals surface area (Å²) in [4.78, 5) is 12.3. The van der Waals surface area contributed by atoms with Gasteiger partial charge in [0.25, 0.3) is 0 Å². The molecule has 0 saturated heterocycles. The monoisotopic (exact) mass is 318 g/mol. The maximum Gasteiger partial charge on any atom is 0.161 e. The van der Waals surface area contributed by atoms with Crippen LogP contribution in [0.5, 0.6) is 0 Å². The predicted molar refractivity (Wildman–Crippen MR) is 91.9 cm³/mol. The molecular weight excluding hydrogens is 284 g/mol. The SMILES string of the molecule is CC[C@H]1CC[C@H]2[C@@H]3CC[C@H]4CC(O)C(=O)C[C@]4(C)[C@H]3CC[C@]12C. The fraction of sp³-hybridized carbons (Fsp3) is 0.952. The second-order valence-corrected chi connectivity index (χ2v) is 9.78. The summed E-state index contributed by atoms with van der Waals surface area (Å²) >= 11 is 0. The normalized spacial score (nSPS) is 55.9. The van der Waals surface area contributed by atoms with Crippen LogP contribution in [0.3, 0.4) is 0 Å². The van der Waals surface area contributed by atoms with Crippen LogP contribution in [-0.4, -0.2) is 17.0 Å². The molecule has 0 aliphatic heterocycles. The smallest absolute Gasteiger partial charge is 0.161 e. The molecule has 8 atom stereocenters. The van der Waals surface area contributed by atoms with Crippen molar-refractivity contribution in [3.05, 3.63) is 0 Å². The first-order valence-electron chi connectivity index (χ1n) is 10.1. The van der Waals surface area contributed by atoms with Crippen molar-refractivity contribution < 1.29 is 9.90 Å². The highest BCUT2D eigenvalue weighted by Gasteiger charge is 2.60. The number of fused-ring (bicyclic) bond motifs is 5. The topological polar surface area (TPSA) is 37.3 Å². The molecule has 4 aliphatic rings. The van der Waals surface area contributed by atoms with Crippen LogP contribution in [0.1, 0.15) is 78.6 Å². The first kappa shape index (κ1) is 16.1. The van der Waals surface area contributed by atoms with Crippen LogP contribution < -0.4 is 0 Å². The number of aliphatic hydroxyl groups excluding tert-OH is 1. The van der Waals surface area contributed by atoms with Crippen molar-refractivity contribution in [3.63, 3.8) is 0 Å². The number of aliphatic hydroxyl groups is 1. The third kappa shape index (κ3) is 2.12. The minimum absolute atomic E-state index is 0.121. The van der Waals surface area contributed by atoms with Crippen molar-refractivity contribution in [1.29, 1.82) is 0 Å². The van der Waals surface area contributed by atoms with E-state index >= 15 is 0 Å². The zero-order valence-electron chi connectivity index (χ0n) is 15.2. The lowest BCUT2D eigenvalue weighted by atomic mass is 9.44. The molecule has 0 aromatic heterocycles. The van der Waals surface area contributed by atoms with Crippen molar-refractivity contribution in [2.75, 3.05) is 0 Å². The largest absolute Gasteiger partial charge is 0.385 e. The highest BCUT2D eigenvalue weighted by atomic mass is 16.3. The fourth-order valence-electron chi connectivity index (χ4n) is 7.87. The lowest BCUT2D eigenvalue weighted by Gasteiger charge is -2.60. The third-order valence-corrected chi connectivity index (χ3v) is 9.19. The summed E-state index contributed by atoms with van der Waals surface area (Å²) in [6.07, 6.45) is 10.2. The standard InChI is InChI=1S/C21H34O2/c1-4-13-6-8-16-15-7-5-14-11-18(22)19(23)12-21(14,3)17(15)9-10-20(13,16)2/h13-18,22H,4-12H2,1-3H3/t13-,14-,15-,16-,17-,18?,20+,21-/m0/s1. The van der Waals surface area contributed by atoms with E-state index in [9.17, 15) is 9.90 Å². The highest BCUT2D eigenvalue weighted by Crippen LogP contribution is 2.67. The van der Waals surface area contributed by atoms with E-state index in [0.29, 0.717) is 17.8 Å². The van der Waals surface area contributed by atoms with Crippen molar-refractivity contribution in [2.24, 2.45) is 40.4 Å². The Bertz CT molecular complexity index is 500. The summed E-state index contributed by atoms with van der Waals surface area (Å²) < 4.78 is 0. The highest BCUT2D eigenvalue weighted by molar-refractivity contribution is 5.84. The molecule has 4 saturated carbocycles. The van der Waals surface area contributed by atoms with E-state index < -0.39 is 6.10 Å². The summed E-state index contributed by atoms with van der Waals surface area (Å²) in [7, 11) is 0. The van der Waals surface area contributed by atoms with Gasteiger partial charge in [-0.3, -0.25) is 4.79 Å². The molecule has 4 fully saturated rings. The number of rotatable bonds is 1. The molecule has 4 aliphatic carbocycles. The zero-order chi connectivity index (χ0) is 16.4. The molecule has 2 heteroatoms. The van der Waals surface area contributed by atoms with Gasteiger partial charge in [0.2, 0.25) is 0 Å². The van der Waals surface area contributed by atoms with Gasteiger partial charge in [0, 0.05) is 6.42 Å². The molecule has 0 bridgehead atoms. The van der Waals surface area contributed by atoms with Crippen LogP contribution >= 0.6 is 0 Å². The molecule has 1 unspecified atom stereocenters. The molecule has 23 heavy (non-hydrogen) atoms. The van der Waals surface area contributed by atoms with Crippen molar-refractivity contribution in [3.8, 4) is 0 Å². The Labute approximate surface area is 141 Å². The third-order valence-electron chi connectivity index (χ3n) is 9.19. The zero-order valence-corrected chi connectivity index (χ0v) is 15.2. The van der Waals surface area contributed by atoms with E-state index in [1.807, 2.05) is 0 Å². The van der Waals surface area contributed by atoms with Gasteiger partial charge in [-0.05, 0) is 85.4 Å². The van der Waals surface area contributed by atoms with Gasteiger partial charge >= 0.3 is 0 Å². The van der Waals surface area contributed by atoms with Crippen molar-refractivity contribution in [1.82, 2.24) is 0 Å². The Morgan fingerprint density at radius 1 is 1.04 bits per heavy atom. The van der Waals surface area contributed by atoms with Gasteiger partial charge in [-0.25, -0.2) is 0 Å². The number of ketones is 1. The molecule has 130 valence electrons. The molecular formula is C21H34O2. The second-order valence-electron chi connectivity index (χ2n) is 9.78. The van der Waals surface area contributed by atoms with Crippen LogP contribution in [0, 0.1) is 40.4 Å². The predicted octanol–water partition coefficient (Wildman–Crippen LogP) is 4.60. The maximum absolute atomic E-state index is 12.3. The molecule has 0 aromatic carbocycles. The molecule has 0 spiro atoms. The maximum atomic E-state index is 12.3. The average molecular weight is 319 g/mol. The quantitative estimate of drug-likeness (QED) is 0.767. The number of Topliss-reactive ketones (excluding diaryl/α,β-unsaturated/α-hetero) is 1. The number of carbonyl (C=O) groups excluding carboxylic acids is 1. The molecule has 0 heterocycles. The van der Waals surface area contributed by atoms with Crippen molar-refractivity contribution >= 4 is 5.78 Å². The summed E-state index contributed by atoms with van der Waals surface area (Å²) in [6, 6.07) is 0. The van der Waals surface area contributed by atoms with Crippen LogP contribution in [0.15, 0.2) is 0 Å². The minimum atomic E-state index is -0.672. The fourth-order valence-corrected chi connectivity index (χ4v) is 7.87. The van der Waals surface area contributed by atoms with Gasteiger partial charge in [0.05, 0.1) is 0 Å². The molecule has 0 amide bonds. The van der Waals surface area contributed by atoms with Crippen LogP contribution in [0.25, 0.3) is 0 Å². The van der Waals surface area contributed by atoms with Gasteiger partial charge in [0.1, 0.15) is 6.10 Å². The first-order chi connectivity index (χ1) is 10.9. The van der Waals surface area contributed by atoms with Crippen LogP contribution in [-0.2, 0) is 4.79 Å². The van der Waals surface area contributed by atoms with Gasteiger partial charge < -0.3 is 5.11 Å². The molecule has 4 rings (SSSR count). The molecule has 0 aromatic rings. The number of hydrogen-bond donors (Lipinski definition) is 1. The number of carbonyl (C=O) groups is 1. The van der Waals surface area contributed by atoms with E-state index in [4.69, 9.17) is 0 Å². The molecule has 2 nitrogen and oxygen atoms in total. The second kappa shape index (κ2) is 5.31. The molecule has 1 N–H and O–H groups in total.